The van der Waals surface area contributed by atoms with Gasteiger partial charge in [0.1, 0.15) is 6.04 Å². The molecule has 0 aromatic carbocycles. The summed E-state index contributed by atoms with van der Waals surface area (Å²) >= 11 is 5.45. The maximum atomic E-state index is 14.1. The third-order valence-corrected chi connectivity index (χ3v) is 10.7. The summed E-state index contributed by atoms with van der Waals surface area (Å²) in [7, 11) is 0. The Morgan fingerprint density at radius 2 is 1.80 bits per heavy atom. The maximum absolute atomic E-state index is 14.1. The zero-order chi connectivity index (χ0) is 25.8. The van der Waals surface area contributed by atoms with E-state index in [9.17, 15) is 19.5 Å². The Morgan fingerprint density at radius 1 is 1.14 bits per heavy atom. The van der Waals surface area contributed by atoms with Crippen LogP contribution in [0.1, 0.15) is 46.0 Å². The van der Waals surface area contributed by atoms with Gasteiger partial charge in [-0.15, -0.1) is 24.9 Å². The number of carbonyl (C=O) groups is 3. The van der Waals surface area contributed by atoms with E-state index in [2.05, 4.69) is 36.0 Å². The fourth-order valence-corrected chi connectivity index (χ4v) is 9.74. The van der Waals surface area contributed by atoms with Crippen molar-refractivity contribution >= 4 is 45.4 Å². The van der Waals surface area contributed by atoms with E-state index in [0.29, 0.717) is 32.6 Å². The standard InChI is InChI=1S/C26H40BrN3O4S/c1-5-9-10-14-29(13-8-4)25(34)22-26-17-18(27)21(35-26)19(20(26)24(33)30(22)15-16-31)23(32)28(11-6-2)12-7-3/h6,8,18-22,31H,2,4-5,7,9-17H2,1,3H3/t18?,19-,20-,21-,22?,26?/m0/s1. The number of halogens is 1. The molecule has 3 rings (SSSR count). The fraction of sp³-hybridized carbons (Fsp3) is 0.731. The first kappa shape index (κ1) is 28.3. The molecule has 0 aromatic rings. The Labute approximate surface area is 222 Å². The van der Waals surface area contributed by atoms with Crippen LogP contribution in [0.2, 0.25) is 0 Å². The SMILES string of the molecule is C=CCN(CCCCC)C(=O)C1N(CCO)C(=O)[C@@H]2[C@H](C(=O)N(CC=C)CCC)[C@H]3SC12CC3Br. The third-order valence-electron chi connectivity index (χ3n) is 7.50. The molecule has 9 heteroatoms. The molecule has 1 spiro atoms. The van der Waals surface area contributed by atoms with Crippen molar-refractivity contribution in [1.29, 1.82) is 0 Å². The summed E-state index contributed by atoms with van der Waals surface area (Å²) < 4.78 is -0.682. The minimum Gasteiger partial charge on any atom is -0.395 e. The summed E-state index contributed by atoms with van der Waals surface area (Å²) in [6.45, 7) is 13.7. The lowest BCUT2D eigenvalue weighted by Gasteiger charge is -2.38. The van der Waals surface area contributed by atoms with Crippen molar-refractivity contribution in [3.05, 3.63) is 25.3 Å². The number of hydrogen-bond donors (Lipinski definition) is 1. The second kappa shape index (κ2) is 12.3. The zero-order valence-electron chi connectivity index (χ0n) is 21.0. The smallest absolute Gasteiger partial charge is 0.247 e. The summed E-state index contributed by atoms with van der Waals surface area (Å²) in [6, 6.07) is -0.694. The Morgan fingerprint density at radius 3 is 2.37 bits per heavy atom. The van der Waals surface area contributed by atoms with Crippen LogP contribution in [0.5, 0.6) is 0 Å². The van der Waals surface area contributed by atoms with Crippen molar-refractivity contribution in [2.24, 2.45) is 11.8 Å². The Kier molecular flexibility index (Phi) is 9.91. The first-order chi connectivity index (χ1) is 16.8. The van der Waals surface area contributed by atoms with Crippen molar-refractivity contribution in [2.45, 2.75) is 66.8 Å². The van der Waals surface area contributed by atoms with Gasteiger partial charge < -0.3 is 19.8 Å². The molecular formula is C26H40BrN3O4S. The third kappa shape index (κ3) is 5.10. The first-order valence-electron chi connectivity index (χ1n) is 12.8. The molecule has 1 N–H and O–H groups in total. The summed E-state index contributed by atoms with van der Waals surface area (Å²) in [6.07, 6.45) is 7.87. The lowest BCUT2D eigenvalue weighted by Crippen LogP contribution is -2.56. The zero-order valence-corrected chi connectivity index (χ0v) is 23.4. The number of β-amino-alcohol motifs (C(OH)–C–C–N with tert-alkyl or cyclic N) is 1. The molecular weight excluding hydrogens is 530 g/mol. The van der Waals surface area contributed by atoms with Crippen LogP contribution in [-0.2, 0) is 14.4 Å². The molecule has 3 amide bonds. The number of amides is 3. The molecule has 7 nitrogen and oxygen atoms in total. The topological polar surface area (TPSA) is 81.2 Å². The molecule has 3 aliphatic rings. The number of carbonyl (C=O) groups excluding carboxylic acids is 3. The van der Waals surface area contributed by atoms with Gasteiger partial charge in [0.2, 0.25) is 17.7 Å². The van der Waals surface area contributed by atoms with Crippen LogP contribution < -0.4 is 0 Å². The van der Waals surface area contributed by atoms with E-state index < -0.39 is 22.6 Å². The molecule has 3 unspecified atom stereocenters. The van der Waals surface area contributed by atoms with Crippen LogP contribution in [0.15, 0.2) is 25.3 Å². The summed E-state index contributed by atoms with van der Waals surface area (Å²) in [5, 5.41) is 9.74. The minimum absolute atomic E-state index is 0.0310. The van der Waals surface area contributed by atoms with Crippen molar-refractivity contribution in [3.8, 4) is 0 Å². The second-order valence-corrected chi connectivity index (χ2v) is 12.5. The molecule has 0 aromatic heterocycles. The predicted molar refractivity (Wildman–Crippen MR) is 144 cm³/mol. The monoisotopic (exact) mass is 569 g/mol. The van der Waals surface area contributed by atoms with Gasteiger partial charge in [-0.1, -0.05) is 54.8 Å². The highest BCUT2D eigenvalue weighted by atomic mass is 79.9. The molecule has 3 aliphatic heterocycles. The van der Waals surface area contributed by atoms with Gasteiger partial charge in [-0.2, -0.15) is 0 Å². The summed E-state index contributed by atoms with van der Waals surface area (Å²) in [5.74, 6) is -1.36. The molecule has 3 saturated heterocycles. The number of likely N-dealkylation sites (tertiary alicyclic amines) is 1. The molecule has 3 fully saturated rings. The number of aliphatic hydroxyl groups excluding tert-OH is 1. The van der Waals surface area contributed by atoms with Crippen molar-refractivity contribution in [3.63, 3.8) is 0 Å². The van der Waals surface area contributed by atoms with Gasteiger partial charge in [0.15, 0.2) is 0 Å². The van der Waals surface area contributed by atoms with E-state index in [1.165, 1.54) is 0 Å². The molecule has 2 bridgehead atoms. The Balaban J connectivity index is 2.00. The predicted octanol–water partition coefficient (Wildman–Crippen LogP) is 3.07. The number of alkyl halides is 1. The van der Waals surface area contributed by atoms with E-state index in [0.717, 1.165) is 25.7 Å². The second-order valence-electron chi connectivity index (χ2n) is 9.77. The maximum Gasteiger partial charge on any atom is 0.247 e. The van der Waals surface area contributed by atoms with E-state index in [1.807, 2.05) is 6.92 Å². The van der Waals surface area contributed by atoms with E-state index in [-0.39, 0.29) is 41.0 Å². The number of hydrogen-bond acceptors (Lipinski definition) is 5. The number of nitrogens with zero attached hydrogens (tertiary/aromatic N) is 3. The van der Waals surface area contributed by atoms with Crippen LogP contribution in [0.4, 0.5) is 0 Å². The number of unbranched alkanes of at least 4 members (excludes halogenated alkanes) is 2. The van der Waals surface area contributed by atoms with E-state index >= 15 is 0 Å². The first-order valence-corrected chi connectivity index (χ1v) is 14.6. The van der Waals surface area contributed by atoms with Gasteiger partial charge in [0.25, 0.3) is 0 Å². The highest BCUT2D eigenvalue weighted by Gasteiger charge is 2.75. The van der Waals surface area contributed by atoms with Crippen molar-refractivity contribution in [1.82, 2.24) is 14.7 Å². The lowest BCUT2D eigenvalue weighted by molar-refractivity contribution is -0.145. The van der Waals surface area contributed by atoms with Gasteiger partial charge >= 0.3 is 0 Å². The van der Waals surface area contributed by atoms with E-state index in [1.54, 1.807) is 38.6 Å². The highest BCUT2D eigenvalue weighted by molar-refractivity contribution is 9.09. The molecule has 35 heavy (non-hydrogen) atoms. The van der Waals surface area contributed by atoms with Gasteiger partial charge in [0.05, 0.1) is 23.2 Å². The number of thioether (sulfide) groups is 1. The summed E-state index contributed by atoms with van der Waals surface area (Å²) in [5.41, 5.74) is 0. The number of rotatable bonds is 14. The highest BCUT2D eigenvalue weighted by Crippen LogP contribution is 2.68. The van der Waals surface area contributed by atoms with Crippen LogP contribution >= 0.6 is 27.7 Å². The van der Waals surface area contributed by atoms with E-state index in [4.69, 9.17) is 0 Å². The molecule has 196 valence electrons. The van der Waals surface area contributed by atoms with Gasteiger partial charge in [-0.25, -0.2) is 0 Å². The van der Waals surface area contributed by atoms with Gasteiger partial charge in [-0.3, -0.25) is 14.4 Å². The van der Waals surface area contributed by atoms with Crippen LogP contribution in [-0.4, -0.2) is 97.7 Å². The quantitative estimate of drug-likeness (QED) is 0.197. The lowest BCUT2D eigenvalue weighted by atomic mass is 9.70. The number of aliphatic hydroxyl groups is 1. The van der Waals surface area contributed by atoms with Gasteiger partial charge in [-0.05, 0) is 19.3 Å². The van der Waals surface area contributed by atoms with Crippen LogP contribution in [0.3, 0.4) is 0 Å². The summed E-state index contributed by atoms with van der Waals surface area (Å²) in [4.78, 5) is 47.0. The molecule has 0 radical (unpaired) electrons. The molecule has 6 atom stereocenters. The van der Waals surface area contributed by atoms with Crippen molar-refractivity contribution in [2.75, 3.05) is 39.3 Å². The van der Waals surface area contributed by atoms with Crippen molar-refractivity contribution < 1.29 is 19.5 Å². The Bertz CT molecular complexity index is 826. The average Bonchev–Trinajstić information content (AvgIpc) is 3.41. The largest absolute Gasteiger partial charge is 0.395 e. The fourth-order valence-electron chi connectivity index (χ4n) is 6.14. The van der Waals surface area contributed by atoms with Crippen LogP contribution in [0.25, 0.3) is 0 Å². The molecule has 0 saturated carbocycles. The minimum atomic E-state index is -0.694. The van der Waals surface area contributed by atoms with Gasteiger partial charge in [0, 0.05) is 42.8 Å². The van der Waals surface area contributed by atoms with Crippen LogP contribution in [0, 0.1) is 11.8 Å². The molecule has 3 heterocycles. The number of fused-ring (bicyclic) bond motifs is 1. The normalized spacial score (nSPS) is 30.9. The Hall–Kier alpha value is -1.32. The average molecular weight is 571 g/mol. The molecule has 0 aliphatic carbocycles.